The van der Waals surface area contributed by atoms with E-state index in [0.717, 1.165) is 63.0 Å². The molecule has 1 spiro atoms. The number of aromatic nitrogens is 1. The fourth-order valence-corrected chi connectivity index (χ4v) is 7.27. The number of carbonyl (C=O) groups is 2. The fraction of sp³-hybridized carbons (Fsp3) is 0.414. The van der Waals surface area contributed by atoms with Crippen LogP contribution >= 0.6 is 22.9 Å². The van der Waals surface area contributed by atoms with E-state index in [9.17, 15) is 9.59 Å². The van der Waals surface area contributed by atoms with Gasteiger partial charge >= 0.3 is 0 Å². The molecule has 1 unspecified atom stereocenters. The monoisotopic (exact) mass is 534 g/mol. The number of thiophene rings is 1. The van der Waals surface area contributed by atoms with Gasteiger partial charge < -0.3 is 15.1 Å². The molecule has 2 amide bonds. The molecule has 1 aliphatic carbocycles. The van der Waals surface area contributed by atoms with Crippen LogP contribution in [0, 0.1) is 5.41 Å². The zero-order valence-electron chi connectivity index (χ0n) is 20.8. The number of hydrogen-bond donors (Lipinski definition) is 1. The van der Waals surface area contributed by atoms with Crippen LogP contribution < -0.4 is 10.2 Å². The van der Waals surface area contributed by atoms with Crippen LogP contribution in [0.5, 0.6) is 0 Å². The largest absolute Gasteiger partial charge is 0.371 e. The molecule has 1 N–H and O–H groups in total. The number of carbonyl (C=O) groups excluding carboxylic acids is 2. The highest BCUT2D eigenvalue weighted by atomic mass is 35.5. The van der Waals surface area contributed by atoms with Crippen molar-refractivity contribution in [1.82, 2.24) is 15.2 Å². The topological polar surface area (TPSA) is 65.5 Å². The third-order valence-electron chi connectivity index (χ3n) is 8.56. The number of fused-ring (bicyclic) bond motifs is 1. The minimum absolute atomic E-state index is 0.0939. The number of piperidine rings is 2. The first-order valence-corrected chi connectivity index (χ1v) is 14.4. The van der Waals surface area contributed by atoms with Crippen LogP contribution in [-0.2, 0) is 6.42 Å². The third kappa shape index (κ3) is 4.87. The molecule has 0 radical (unpaired) electrons. The van der Waals surface area contributed by atoms with E-state index in [4.69, 9.17) is 11.6 Å². The van der Waals surface area contributed by atoms with Crippen molar-refractivity contribution in [2.24, 2.45) is 5.41 Å². The van der Waals surface area contributed by atoms with Crippen LogP contribution in [-0.4, -0.2) is 47.9 Å². The number of nitrogens with zero attached hydrogens (tertiary/aromatic N) is 3. The zero-order chi connectivity index (χ0) is 25.4. The highest BCUT2D eigenvalue weighted by molar-refractivity contribution is 7.12. The van der Waals surface area contributed by atoms with Gasteiger partial charge in [-0.2, -0.15) is 0 Å². The minimum Gasteiger partial charge on any atom is -0.371 e. The van der Waals surface area contributed by atoms with Crippen LogP contribution in [0.15, 0.2) is 54.2 Å². The van der Waals surface area contributed by atoms with E-state index in [1.807, 2.05) is 34.8 Å². The van der Waals surface area contributed by atoms with E-state index in [-0.39, 0.29) is 17.9 Å². The van der Waals surface area contributed by atoms with Crippen LogP contribution in [0.1, 0.15) is 69.3 Å². The van der Waals surface area contributed by atoms with Crippen molar-refractivity contribution < 1.29 is 9.59 Å². The molecule has 1 atom stereocenters. The highest BCUT2D eigenvalue weighted by Crippen LogP contribution is 2.42. The normalized spacial score (nSPS) is 20.6. The van der Waals surface area contributed by atoms with Crippen molar-refractivity contribution in [2.45, 2.75) is 44.6 Å². The standard InChI is InChI=1S/C29H31ClN4O2S/c30-24-7-18-37-26(24)27(35)32-25-4-3-20-1-2-21(19-23(20)25)28(36)34-16-10-29(11-17-34)8-14-33(15-9-29)22-5-12-31-13-6-22/h1-2,5-7,12-13,18-19,25H,3-4,8-11,14-17H2,(H,32,35). The number of benzene rings is 1. The SMILES string of the molecule is O=C(NC1CCc2ccc(C(=O)N3CCC4(CC3)CCN(c3ccncc3)CC4)cc21)c1sccc1Cl. The van der Waals surface area contributed by atoms with Gasteiger partial charge in [-0.3, -0.25) is 14.6 Å². The lowest BCUT2D eigenvalue weighted by molar-refractivity contribution is 0.0515. The van der Waals surface area contributed by atoms with Gasteiger partial charge in [0.2, 0.25) is 0 Å². The Morgan fingerprint density at radius 3 is 2.43 bits per heavy atom. The lowest BCUT2D eigenvalue weighted by Crippen LogP contribution is -2.48. The molecule has 6 rings (SSSR count). The van der Waals surface area contributed by atoms with Crippen molar-refractivity contribution in [3.63, 3.8) is 0 Å². The number of amides is 2. The molecule has 3 aromatic rings. The molecular formula is C29H31ClN4O2S. The summed E-state index contributed by atoms with van der Waals surface area (Å²) < 4.78 is 0. The maximum Gasteiger partial charge on any atom is 0.263 e. The first-order chi connectivity index (χ1) is 18.0. The van der Waals surface area contributed by atoms with Crippen molar-refractivity contribution >= 4 is 40.4 Å². The minimum atomic E-state index is -0.147. The molecule has 1 aromatic carbocycles. The number of anilines is 1. The number of pyridine rings is 1. The van der Waals surface area contributed by atoms with Gasteiger partial charge in [0.25, 0.3) is 11.8 Å². The van der Waals surface area contributed by atoms with E-state index in [0.29, 0.717) is 15.3 Å². The Balaban J connectivity index is 1.08. The van der Waals surface area contributed by atoms with Gasteiger partial charge in [0.15, 0.2) is 0 Å². The summed E-state index contributed by atoms with van der Waals surface area (Å²) >= 11 is 7.50. The molecule has 2 fully saturated rings. The summed E-state index contributed by atoms with van der Waals surface area (Å²) in [6.07, 6.45) is 9.93. The molecule has 192 valence electrons. The lowest BCUT2D eigenvalue weighted by atomic mass is 9.71. The molecule has 2 aliphatic heterocycles. The molecule has 2 saturated heterocycles. The third-order valence-corrected chi connectivity index (χ3v) is 9.90. The summed E-state index contributed by atoms with van der Waals surface area (Å²) in [6, 6.07) is 11.8. The molecule has 6 nitrogen and oxygen atoms in total. The van der Waals surface area contributed by atoms with Gasteiger partial charge in [-0.25, -0.2) is 0 Å². The van der Waals surface area contributed by atoms with Gasteiger partial charge in [-0.15, -0.1) is 11.3 Å². The second-order valence-corrected chi connectivity index (χ2v) is 11.9. The molecular weight excluding hydrogens is 504 g/mol. The average molecular weight is 535 g/mol. The predicted octanol–water partition coefficient (Wildman–Crippen LogP) is 5.74. The predicted molar refractivity (Wildman–Crippen MR) is 148 cm³/mol. The Kier molecular flexibility index (Phi) is 6.67. The van der Waals surface area contributed by atoms with E-state index < -0.39 is 0 Å². The van der Waals surface area contributed by atoms with E-state index in [1.54, 1.807) is 6.07 Å². The highest BCUT2D eigenvalue weighted by Gasteiger charge is 2.39. The van der Waals surface area contributed by atoms with Crippen LogP contribution in [0.4, 0.5) is 5.69 Å². The first kappa shape index (κ1) is 24.4. The summed E-state index contributed by atoms with van der Waals surface area (Å²) in [5.74, 6) is -0.0453. The van der Waals surface area contributed by atoms with Gasteiger partial charge in [-0.1, -0.05) is 17.7 Å². The summed E-state index contributed by atoms with van der Waals surface area (Å²) in [5.41, 5.74) is 4.58. The smallest absolute Gasteiger partial charge is 0.263 e. The lowest BCUT2D eigenvalue weighted by Gasteiger charge is -2.47. The van der Waals surface area contributed by atoms with Crippen LogP contribution in [0.2, 0.25) is 5.02 Å². The average Bonchev–Trinajstić information content (AvgIpc) is 3.55. The second-order valence-electron chi connectivity index (χ2n) is 10.6. The van der Waals surface area contributed by atoms with E-state index >= 15 is 0 Å². The van der Waals surface area contributed by atoms with Gasteiger partial charge in [0, 0.05) is 49.8 Å². The summed E-state index contributed by atoms with van der Waals surface area (Å²) in [5, 5.41) is 5.44. The van der Waals surface area contributed by atoms with Gasteiger partial charge in [0.1, 0.15) is 4.88 Å². The molecule has 3 aliphatic rings. The number of halogens is 1. The molecule has 2 aromatic heterocycles. The molecule has 37 heavy (non-hydrogen) atoms. The van der Waals surface area contributed by atoms with Crippen molar-refractivity contribution in [1.29, 1.82) is 0 Å². The van der Waals surface area contributed by atoms with Crippen LogP contribution in [0.3, 0.4) is 0 Å². The van der Waals surface area contributed by atoms with Crippen molar-refractivity contribution in [3.8, 4) is 0 Å². The number of nitrogens with one attached hydrogen (secondary N) is 1. The fourth-order valence-electron chi connectivity index (χ4n) is 6.23. The van der Waals surface area contributed by atoms with E-state index in [2.05, 4.69) is 33.4 Å². The summed E-state index contributed by atoms with van der Waals surface area (Å²) in [4.78, 5) is 35.4. The maximum absolute atomic E-state index is 13.5. The van der Waals surface area contributed by atoms with E-state index in [1.165, 1.54) is 35.4 Å². The quantitative estimate of drug-likeness (QED) is 0.464. The Morgan fingerprint density at radius 2 is 1.73 bits per heavy atom. The van der Waals surface area contributed by atoms with Gasteiger partial charge in [0.05, 0.1) is 11.1 Å². The van der Waals surface area contributed by atoms with Crippen molar-refractivity contribution in [2.75, 3.05) is 31.1 Å². The Bertz CT molecular complexity index is 1290. The molecule has 4 heterocycles. The summed E-state index contributed by atoms with van der Waals surface area (Å²) in [6.45, 7) is 3.74. The molecule has 0 bridgehead atoms. The number of hydrogen-bond acceptors (Lipinski definition) is 5. The van der Waals surface area contributed by atoms with Crippen LogP contribution in [0.25, 0.3) is 0 Å². The molecule has 0 saturated carbocycles. The Hall–Kier alpha value is -2.90. The summed E-state index contributed by atoms with van der Waals surface area (Å²) in [7, 11) is 0. The number of rotatable bonds is 4. The first-order valence-electron chi connectivity index (χ1n) is 13.1. The molecule has 8 heteroatoms. The van der Waals surface area contributed by atoms with Crippen molar-refractivity contribution in [3.05, 3.63) is 80.8 Å². The number of likely N-dealkylation sites (tertiary alicyclic amines) is 1. The number of aryl methyl sites for hydroxylation is 1. The second kappa shape index (κ2) is 10.1. The zero-order valence-corrected chi connectivity index (χ0v) is 22.4. The van der Waals surface area contributed by atoms with Gasteiger partial charge in [-0.05, 0) is 90.8 Å². The maximum atomic E-state index is 13.5. The Labute approximate surface area is 226 Å². The Morgan fingerprint density at radius 1 is 1.00 bits per heavy atom.